The van der Waals surface area contributed by atoms with Crippen molar-refractivity contribution in [2.75, 3.05) is 0 Å². The Morgan fingerprint density at radius 3 is 0.500 bits per heavy atom. The van der Waals surface area contributed by atoms with Crippen LogP contribution >= 0.6 is 92.6 Å². The molecule has 0 atom stereocenters. The average Bonchev–Trinajstić information content (AvgIpc) is 3.27. The first-order chi connectivity index (χ1) is 29.2. The Balaban J connectivity index is 1.55. The Labute approximate surface area is 379 Å². The van der Waals surface area contributed by atoms with E-state index in [9.17, 15) is 0 Å². The lowest BCUT2D eigenvalue weighted by Crippen LogP contribution is -2.11. The molecule has 0 aromatic heterocycles. The van der Waals surface area contributed by atoms with Gasteiger partial charge in [0.2, 0.25) is 0 Å². The normalized spacial score (nSPS) is 14.7. The topological polar surface area (TPSA) is 92.5 Å². The first-order valence-corrected chi connectivity index (χ1v) is 26.0. The Morgan fingerprint density at radius 2 is 0.383 bits per heavy atom. The smallest absolute Gasteiger partial charge is 0.413 e. The van der Waals surface area contributed by atoms with Gasteiger partial charge in [-0.2, -0.15) is 0 Å². The molecule has 0 spiro atoms. The number of benzene rings is 6. The van der Waals surface area contributed by atoms with Gasteiger partial charge in [-0.15, -0.1) is 69.6 Å². The summed E-state index contributed by atoms with van der Waals surface area (Å²) in [5.74, 6) is 3.90. The highest BCUT2D eigenvalue weighted by molar-refractivity contribution is 7.79. The predicted molar refractivity (Wildman–Crippen MR) is 248 cm³/mol. The van der Waals surface area contributed by atoms with Gasteiger partial charge in [0, 0.05) is 35.3 Å². The molecular formula is C42H36Cl6N3O6P3. The zero-order valence-corrected chi connectivity index (χ0v) is 38.7. The summed E-state index contributed by atoms with van der Waals surface area (Å²) in [6, 6.07) is 43.1. The summed E-state index contributed by atoms with van der Waals surface area (Å²) in [6.07, 6.45) is 0. The fourth-order valence-electron chi connectivity index (χ4n) is 5.42. The molecule has 0 saturated heterocycles. The van der Waals surface area contributed by atoms with E-state index in [1.54, 1.807) is 72.8 Å². The van der Waals surface area contributed by atoms with Gasteiger partial charge in [-0.1, -0.05) is 86.3 Å². The van der Waals surface area contributed by atoms with Crippen LogP contribution < -0.4 is 27.1 Å². The van der Waals surface area contributed by atoms with Crippen LogP contribution in [-0.2, 0) is 35.3 Å². The highest BCUT2D eigenvalue weighted by Crippen LogP contribution is 2.78. The van der Waals surface area contributed by atoms with Crippen LogP contribution in [0.4, 0.5) is 0 Å². The molecule has 7 rings (SSSR count). The second-order valence-electron chi connectivity index (χ2n) is 13.0. The molecule has 6 aromatic rings. The van der Waals surface area contributed by atoms with Crippen molar-refractivity contribution in [3.05, 3.63) is 179 Å². The first-order valence-electron chi connectivity index (χ1n) is 18.2. The van der Waals surface area contributed by atoms with E-state index in [1.807, 2.05) is 72.8 Å². The molecule has 18 heteroatoms. The van der Waals surface area contributed by atoms with E-state index >= 15 is 0 Å². The third-order valence-corrected chi connectivity index (χ3v) is 18.5. The van der Waals surface area contributed by atoms with Crippen molar-refractivity contribution >= 4 is 92.6 Å². The molecule has 60 heavy (non-hydrogen) atoms. The van der Waals surface area contributed by atoms with Crippen molar-refractivity contribution in [3.8, 4) is 34.5 Å². The SMILES string of the molecule is ClCc1ccc(OP2(Oc3ccc(CCl)cc3)=NP(Oc3ccc(CCl)cc3)(Oc3ccc(CCl)cc3)=NP(Oc3ccc(CCl)cc3)(Oc3ccc(CCl)cc3)=N2)cc1. The summed E-state index contributed by atoms with van der Waals surface area (Å²) in [5.41, 5.74) is 5.20. The van der Waals surface area contributed by atoms with Crippen LogP contribution in [0, 0.1) is 0 Å². The minimum absolute atomic E-state index is 0.292. The Kier molecular flexibility index (Phi) is 15.3. The second kappa shape index (κ2) is 20.6. The minimum Gasteiger partial charge on any atom is -0.413 e. The van der Waals surface area contributed by atoms with Crippen LogP contribution in [0.3, 0.4) is 0 Å². The molecule has 312 valence electrons. The molecule has 0 amide bonds. The van der Waals surface area contributed by atoms with Crippen LogP contribution in [0.5, 0.6) is 34.5 Å². The molecule has 1 aliphatic heterocycles. The van der Waals surface area contributed by atoms with E-state index in [2.05, 4.69) is 0 Å². The molecule has 0 bridgehead atoms. The fraction of sp³-hybridized carbons (Fsp3) is 0.143. The fourth-order valence-corrected chi connectivity index (χ4v) is 15.6. The highest BCUT2D eigenvalue weighted by atomic mass is 35.5. The van der Waals surface area contributed by atoms with Gasteiger partial charge in [-0.25, -0.2) is 0 Å². The number of nitrogens with zero attached hydrogens (tertiary/aromatic N) is 3. The third kappa shape index (κ3) is 11.5. The molecule has 9 nitrogen and oxygen atoms in total. The van der Waals surface area contributed by atoms with E-state index in [1.165, 1.54) is 0 Å². The Hall–Kier alpha value is -3.45. The first kappa shape index (κ1) is 44.6. The summed E-state index contributed by atoms with van der Waals surface area (Å²) < 4.78 is 57.2. The van der Waals surface area contributed by atoms with Gasteiger partial charge in [0.1, 0.15) is 34.5 Å². The number of hydrogen-bond donors (Lipinski definition) is 0. The van der Waals surface area contributed by atoms with Gasteiger partial charge >= 0.3 is 23.0 Å². The molecule has 0 N–H and O–H groups in total. The van der Waals surface area contributed by atoms with Gasteiger partial charge < -0.3 is 27.1 Å². The maximum Gasteiger partial charge on any atom is 0.460 e. The van der Waals surface area contributed by atoms with Gasteiger partial charge in [-0.05, 0) is 106 Å². The van der Waals surface area contributed by atoms with E-state index in [0.717, 1.165) is 33.4 Å². The molecule has 0 unspecified atom stereocenters. The standard InChI is InChI=1S/C42H36Cl6N3O6P3/c43-25-31-1-13-37(14-2-31)52-58(53-38-15-3-32(26-44)4-16-38)49-59(54-39-17-5-33(27-45)6-18-39,55-40-19-7-34(28-46)8-20-40)51-60(50-58,56-41-21-9-35(29-47)10-22-41)57-42-23-11-36(30-48)12-24-42/h1-24H,25-30H2. The van der Waals surface area contributed by atoms with Crippen LogP contribution in [0.25, 0.3) is 0 Å². The van der Waals surface area contributed by atoms with Gasteiger partial charge in [0.15, 0.2) is 0 Å². The molecule has 6 aromatic carbocycles. The maximum atomic E-state index is 6.90. The Bertz CT molecular complexity index is 2070. The lowest BCUT2D eigenvalue weighted by atomic mass is 10.2. The molecule has 0 saturated carbocycles. The summed E-state index contributed by atoms with van der Waals surface area (Å²) >= 11 is 37.1. The highest BCUT2D eigenvalue weighted by Gasteiger charge is 2.49. The molecule has 0 aliphatic carbocycles. The van der Waals surface area contributed by atoms with Gasteiger partial charge in [0.05, 0.1) is 0 Å². The van der Waals surface area contributed by atoms with Crippen molar-refractivity contribution in [2.45, 2.75) is 35.3 Å². The van der Waals surface area contributed by atoms with E-state index in [-0.39, 0.29) is 0 Å². The number of rotatable bonds is 18. The molecule has 0 fully saturated rings. The lowest BCUT2D eigenvalue weighted by Gasteiger charge is -2.33. The third-order valence-electron chi connectivity index (χ3n) is 8.49. The van der Waals surface area contributed by atoms with Crippen LogP contribution in [0.1, 0.15) is 33.4 Å². The Morgan fingerprint density at radius 1 is 0.250 bits per heavy atom. The predicted octanol–water partition coefficient (Wildman–Crippen LogP) is 16.7. The lowest BCUT2D eigenvalue weighted by molar-refractivity contribution is 0.443. The second-order valence-corrected chi connectivity index (χ2v) is 20.7. The quantitative estimate of drug-likeness (QED) is 0.0629. The minimum atomic E-state index is -4.13. The van der Waals surface area contributed by atoms with E-state index in [4.69, 9.17) is 110 Å². The van der Waals surface area contributed by atoms with Crippen molar-refractivity contribution in [1.29, 1.82) is 0 Å². The number of hydrogen-bond acceptors (Lipinski definition) is 9. The molecule has 0 radical (unpaired) electrons. The van der Waals surface area contributed by atoms with Crippen molar-refractivity contribution < 1.29 is 27.1 Å². The van der Waals surface area contributed by atoms with Crippen molar-refractivity contribution in [1.82, 2.24) is 0 Å². The maximum absolute atomic E-state index is 6.90. The number of halogens is 6. The van der Waals surface area contributed by atoms with Crippen LogP contribution in [0.15, 0.2) is 159 Å². The zero-order valence-electron chi connectivity index (χ0n) is 31.5. The summed E-state index contributed by atoms with van der Waals surface area (Å²) in [6.45, 7) is 0. The summed E-state index contributed by atoms with van der Waals surface area (Å²) in [7, 11) is -12.4. The van der Waals surface area contributed by atoms with E-state index < -0.39 is 23.0 Å². The summed E-state index contributed by atoms with van der Waals surface area (Å²) in [4.78, 5) is 0. The largest absolute Gasteiger partial charge is 0.460 e. The zero-order chi connectivity index (χ0) is 42.0. The monoisotopic (exact) mass is 981 g/mol. The van der Waals surface area contributed by atoms with Crippen molar-refractivity contribution in [2.24, 2.45) is 13.5 Å². The molecule has 1 aliphatic rings. The molecular weight excluding hydrogens is 948 g/mol. The van der Waals surface area contributed by atoms with Gasteiger partial charge in [-0.3, -0.25) is 0 Å². The van der Waals surface area contributed by atoms with Crippen molar-refractivity contribution in [3.63, 3.8) is 0 Å². The van der Waals surface area contributed by atoms with Gasteiger partial charge in [0.25, 0.3) is 0 Å². The van der Waals surface area contributed by atoms with E-state index in [0.29, 0.717) is 69.8 Å². The molecule has 1 heterocycles. The average molecular weight is 984 g/mol. The van der Waals surface area contributed by atoms with Crippen LogP contribution in [-0.4, -0.2) is 0 Å². The number of alkyl halides is 6. The van der Waals surface area contributed by atoms with Crippen LogP contribution in [0.2, 0.25) is 0 Å². The summed E-state index contributed by atoms with van der Waals surface area (Å²) in [5, 5.41) is 0.